The van der Waals surface area contributed by atoms with E-state index in [-0.39, 0.29) is 30.1 Å². The van der Waals surface area contributed by atoms with Gasteiger partial charge in [0.2, 0.25) is 0 Å². The van der Waals surface area contributed by atoms with Gasteiger partial charge in [-0.15, -0.1) is 0 Å². The number of rotatable bonds is 11. The minimum absolute atomic E-state index is 0.0853. The zero-order valence-electron chi connectivity index (χ0n) is 21.6. The van der Waals surface area contributed by atoms with E-state index in [1.165, 1.54) is 12.1 Å². The van der Waals surface area contributed by atoms with Crippen LogP contribution in [0.1, 0.15) is 29.0 Å². The molecule has 4 rings (SSSR count). The second-order valence-corrected chi connectivity index (χ2v) is 9.42. The van der Waals surface area contributed by atoms with Crippen molar-refractivity contribution in [1.82, 2.24) is 5.32 Å². The Morgan fingerprint density at radius 2 is 1.79 bits per heavy atom. The Kier molecular flexibility index (Phi) is 9.68. The highest BCUT2D eigenvalue weighted by Crippen LogP contribution is 2.34. The van der Waals surface area contributed by atoms with Gasteiger partial charge in [0.15, 0.2) is 0 Å². The van der Waals surface area contributed by atoms with Crippen molar-refractivity contribution in [2.24, 2.45) is 0 Å². The third kappa shape index (κ3) is 7.86. The largest absolute Gasteiger partial charge is 0.506 e. The Morgan fingerprint density at radius 3 is 2.54 bits per heavy atom. The molecule has 0 aliphatic carbocycles. The summed E-state index contributed by atoms with van der Waals surface area (Å²) in [4.78, 5) is 0. The van der Waals surface area contributed by atoms with Gasteiger partial charge in [0.1, 0.15) is 17.2 Å². The standard InChI is InChI=1S/C29H33F3N2O5/c1-37-13-3-12-34-24-14-19(6-11-25(24)35)18-38-27-17-33-16-26(36)28(27)20-7-9-22(10-8-20)39-23-5-2-4-21(15-23)29(30,31)32/h2,4-11,14-15,26-28,33-36H,3,12-13,16-18H2,1H3/t26-,27+,28?/m1/s1. The lowest BCUT2D eigenvalue weighted by molar-refractivity contribution is -0.137. The molecule has 3 aromatic carbocycles. The summed E-state index contributed by atoms with van der Waals surface area (Å²) in [7, 11) is 1.64. The summed E-state index contributed by atoms with van der Waals surface area (Å²) in [6, 6.07) is 16.9. The van der Waals surface area contributed by atoms with E-state index in [1.807, 2.05) is 6.07 Å². The molecule has 4 N–H and O–H groups in total. The molecule has 1 aliphatic rings. The third-order valence-corrected chi connectivity index (χ3v) is 6.54. The number of aromatic hydroxyl groups is 1. The van der Waals surface area contributed by atoms with Gasteiger partial charge in [-0.1, -0.05) is 24.3 Å². The summed E-state index contributed by atoms with van der Waals surface area (Å²) in [5.74, 6) is 0.296. The van der Waals surface area contributed by atoms with Crippen molar-refractivity contribution >= 4 is 5.69 Å². The summed E-state index contributed by atoms with van der Waals surface area (Å²) >= 11 is 0. The zero-order valence-corrected chi connectivity index (χ0v) is 21.6. The lowest BCUT2D eigenvalue weighted by Crippen LogP contribution is -2.49. The second kappa shape index (κ2) is 13.2. The monoisotopic (exact) mass is 546 g/mol. The molecule has 1 fully saturated rings. The van der Waals surface area contributed by atoms with Gasteiger partial charge >= 0.3 is 6.18 Å². The van der Waals surface area contributed by atoms with Crippen molar-refractivity contribution in [3.63, 3.8) is 0 Å². The molecule has 1 heterocycles. The third-order valence-electron chi connectivity index (χ3n) is 6.54. The summed E-state index contributed by atoms with van der Waals surface area (Å²) in [6.45, 7) is 2.48. The number of β-amino-alcohol motifs (C(OH)–C–C–N with tert-alkyl or cyclic N) is 1. The lowest BCUT2D eigenvalue weighted by Gasteiger charge is -2.36. The molecule has 3 aromatic rings. The minimum atomic E-state index is -4.45. The molecular weight excluding hydrogens is 513 g/mol. The van der Waals surface area contributed by atoms with Crippen LogP contribution in [0.5, 0.6) is 17.2 Å². The van der Waals surface area contributed by atoms with Crippen LogP contribution in [0.3, 0.4) is 0 Å². The lowest BCUT2D eigenvalue weighted by atomic mass is 9.85. The first-order chi connectivity index (χ1) is 18.7. The number of aliphatic hydroxyl groups excluding tert-OH is 1. The number of phenolic OH excluding ortho intramolecular Hbond substituents is 1. The number of phenols is 1. The van der Waals surface area contributed by atoms with Gasteiger partial charge in [-0.3, -0.25) is 0 Å². The summed E-state index contributed by atoms with van der Waals surface area (Å²) in [6.07, 6.45) is -4.69. The van der Waals surface area contributed by atoms with Gasteiger partial charge in [0, 0.05) is 39.3 Å². The normalized spacial score (nSPS) is 19.6. The van der Waals surface area contributed by atoms with Crippen molar-refractivity contribution in [2.45, 2.75) is 37.3 Å². The Balaban J connectivity index is 1.41. The SMILES string of the molecule is COCCCNc1cc(CO[C@H]2CNC[C@@H](O)C2c2ccc(Oc3cccc(C(F)(F)F)c3)cc2)ccc1O. The Labute approximate surface area is 225 Å². The number of halogens is 3. The summed E-state index contributed by atoms with van der Waals surface area (Å²) < 4.78 is 55.9. The number of piperidine rings is 1. The van der Waals surface area contributed by atoms with Crippen LogP contribution in [-0.2, 0) is 22.3 Å². The molecule has 0 radical (unpaired) electrons. The van der Waals surface area contributed by atoms with Crippen molar-refractivity contribution in [1.29, 1.82) is 0 Å². The molecule has 10 heteroatoms. The van der Waals surface area contributed by atoms with Crippen LogP contribution in [0.4, 0.5) is 18.9 Å². The van der Waals surface area contributed by atoms with Gasteiger partial charge in [0.25, 0.3) is 0 Å². The van der Waals surface area contributed by atoms with E-state index in [0.717, 1.165) is 29.7 Å². The second-order valence-electron chi connectivity index (χ2n) is 9.42. The number of hydrogen-bond acceptors (Lipinski definition) is 7. The first kappa shape index (κ1) is 28.7. The van der Waals surface area contributed by atoms with E-state index in [9.17, 15) is 23.4 Å². The van der Waals surface area contributed by atoms with Crippen LogP contribution in [-0.4, -0.2) is 55.8 Å². The molecule has 0 saturated carbocycles. The molecule has 7 nitrogen and oxygen atoms in total. The number of anilines is 1. The topological polar surface area (TPSA) is 92.2 Å². The molecule has 1 aliphatic heterocycles. The Hall–Kier alpha value is -3.31. The van der Waals surface area contributed by atoms with Gasteiger partial charge in [-0.25, -0.2) is 0 Å². The van der Waals surface area contributed by atoms with E-state index in [1.54, 1.807) is 43.5 Å². The smallest absolute Gasteiger partial charge is 0.416 e. The summed E-state index contributed by atoms with van der Waals surface area (Å²) in [5, 5.41) is 27.3. The van der Waals surface area contributed by atoms with Crippen LogP contribution in [0.15, 0.2) is 66.7 Å². The van der Waals surface area contributed by atoms with Crippen LogP contribution >= 0.6 is 0 Å². The highest BCUT2D eigenvalue weighted by molar-refractivity contribution is 5.57. The number of benzene rings is 3. The van der Waals surface area contributed by atoms with Crippen LogP contribution in [0.2, 0.25) is 0 Å². The molecule has 0 spiro atoms. The van der Waals surface area contributed by atoms with Crippen LogP contribution < -0.4 is 15.4 Å². The van der Waals surface area contributed by atoms with Gasteiger partial charge < -0.3 is 35.1 Å². The average Bonchev–Trinajstić information content (AvgIpc) is 2.91. The van der Waals surface area contributed by atoms with Crippen LogP contribution in [0.25, 0.3) is 0 Å². The van der Waals surface area contributed by atoms with Crippen molar-refractivity contribution in [2.75, 3.05) is 38.7 Å². The highest BCUT2D eigenvalue weighted by atomic mass is 19.4. The van der Waals surface area contributed by atoms with E-state index in [0.29, 0.717) is 37.7 Å². The maximum absolute atomic E-state index is 13.0. The van der Waals surface area contributed by atoms with E-state index >= 15 is 0 Å². The average molecular weight is 547 g/mol. The fourth-order valence-corrected chi connectivity index (χ4v) is 4.56. The highest BCUT2D eigenvalue weighted by Gasteiger charge is 2.34. The number of nitrogens with one attached hydrogen (secondary N) is 2. The van der Waals surface area contributed by atoms with Crippen molar-refractivity contribution in [3.8, 4) is 17.2 Å². The molecule has 1 unspecified atom stereocenters. The fourth-order valence-electron chi connectivity index (χ4n) is 4.56. The number of methoxy groups -OCH3 is 1. The maximum atomic E-state index is 13.0. The van der Waals surface area contributed by atoms with Gasteiger partial charge in [-0.2, -0.15) is 13.2 Å². The first-order valence-electron chi connectivity index (χ1n) is 12.7. The minimum Gasteiger partial charge on any atom is -0.506 e. The Morgan fingerprint density at radius 1 is 1.00 bits per heavy atom. The molecule has 39 heavy (non-hydrogen) atoms. The molecule has 210 valence electrons. The van der Waals surface area contributed by atoms with Gasteiger partial charge in [0.05, 0.1) is 30.1 Å². The fraction of sp³-hybridized carbons (Fsp3) is 0.379. The van der Waals surface area contributed by atoms with Crippen molar-refractivity contribution < 1.29 is 37.6 Å². The first-order valence-corrected chi connectivity index (χ1v) is 12.7. The molecule has 0 aromatic heterocycles. The molecule has 3 atom stereocenters. The molecule has 0 amide bonds. The maximum Gasteiger partial charge on any atom is 0.416 e. The number of aliphatic hydroxyl groups is 1. The van der Waals surface area contributed by atoms with E-state index in [2.05, 4.69) is 10.6 Å². The van der Waals surface area contributed by atoms with E-state index in [4.69, 9.17) is 14.2 Å². The zero-order chi connectivity index (χ0) is 27.8. The summed E-state index contributed by atoms with van der Waals surface area (Å²) in [5.41, 5.74) is 1.53. The molecule has 0 bridgehead atoms. The number of ether oxygens (including phenoxy) is 3. The predicted octanol–water partition coefficient (Wildman–Crippen LogP) is 5.28. The predicted molar refractivity (Wildman–Crippen MR) is 141 cm³/mol. The van der Waals surface area contributed by atoms with E-state index < -0.39 is 17.8 Å². The molecule has 1 saturated heterocycles. The quantitative estimate of drug-likeness (QED) is 0.192. The Bertz CT molecular complexity index is 1210. The number of hydrogen-bond donors (Lipinski definition) is 4. The van der Waals surface area contributed by atoms with Gasteiger partial charge in [-0.05, 0) is 60.0 Å². The molecular formula is C29H33F3N2O5. The van der Waals surface area contributed by atoms with Crippen LogP contribution in [0, 0.1) is 0 Å². The van der Waals surface area contributed by atoms with Crippen molar-refractivity contribution in [3.05, 3.63) is 83.4 Å². The number of alkyl halides is 3.